The van der Waals surface area contributed by atoms with E-state index in [1.807, 2.05) is 21.1 Å². The molecular weight excluding hydrogens is 621 g/mol. The van der Waals surface area contributed by atoms with E-state index in [2.05, 4.69) is 38.2 Å². The van der Waals surface area contributed by atoms with Crippen LogP contribution < -0.4 is 0 Å². The van der Waals surface area contributed by atoms with Gasteiger partial charge in [-0.25, -0.2) is 4.57 Å². The molecule has 8 heteroatoms. The summed E-state index contributed by atoms with van der Waals surface area (Å²) in [7, 11) is 1.90. The quantitative estimate of drug-likeness (QED) is 0.0299. The van der Waals surface area contributed by atoms with E-state index >= 15 is 0 Å². The fourth-order valence-corrected chi connectivity index (χ4v) is 6.09. The average molecular weight is 703 g/mol. The average Bonchev–Trinajstić information content (AvgIpc) is 3.04. The fourth-order valence-electron chi connectivity index (χ4n) is 5.35. The Morgan fingerprint density at radius 1 is 0.542 bits per heavy atom. The van der Waals surface area contributed by atoms with Gasteiger partial charge in [-0.2, -0.15) is 0 Å². The van der Waals surface area contributed by atoms with Crippen molar-refractivity contribution in [2.75, 3.05) is 60.7 Å². The zero-order chi connectivity index (χ0) is 35.4. The number of allylic oxidation sites excluding steroid dienone is 4. The molecule has 48 heavy (non-hydrogen) atoms. The summed E-state index contributed by atoms with van der Waals surface area (Å²) in [5.41, 5.74) is 0. The molecule has 0 aromatic carbocycles. The first-order valence-corrected chi connectivity index (χ1v) is 21.6. The van der Waals surface area contributed by atoms with E-state index in [9.17, 15) is 9.46 Å². The Hall–Kier alpha value is -0.530. The zero-order valence-corrected chi connectivity index (χ0v) is 33.4. The summed E-state index contributed by atoms with van der Waals surface area (Å²) in [6, 6.07) is 0. The lowest BCUT2D eigenvalue weighted by atomic mass is 10.1. The molecule has 1 N–H and O–H groups in total. The molecule has 0 bridgehead atoms. The van der Waals surface area contributed by atoms with E-state index in [1.54, 1.807) is 0 Å². The zero-order valence-electron chi connectivity index (χ0n) is 32.5. The van der Waals surface area contributed by atoms with Crippen molar-refractivity contribution in [2.24, 2.45) is 0 Å². The summed E-state index contributed by atoms with van der Waals surface area (Å²) in [5, 5.41) is 0. The molecule has 0 aromatic rings. The Morgan fingerprint density at radius 2 is 0.958 bits per heavy atom. The summed E-state index contributed by atoms with van der Waals surface area (Å²) in [6.07, 6.45) is 39.0. The number of nitrogens with zero attached hydrogens (tertiary/aromatic N) is 1. The number of unbranched alkanes of at least 4 members (excludes halogenated alkanes) is 20. The largest absolute Gasteiger partial charge is 0.472 e. The molecular formula is C40H81NO6P+. The highest BCUT2D eigenvalue weighted by atomic mass is 31.2. The normalized spacial score (nSPS) is 14.4. The number of ether oxygens (including phenoxy) is 2. The highest BCUT2D eigenvalue weighted by molar-refractivity contribution is 7.47. The Labute approximate surface area is 298 Å². The monoisotopic (exact) mass is 703 g/mol. The molecule has 2 atom stereocenters. The number of quaternary nitrogens is 1. The highest BCUT2D eigenvalue weighted by Gasteiger charge is 2.25. The van der Waals surface area contributed by atoms with Crippen LogP contribution in [0.2, 0.25) is 0 Å². The predicted molar refractivity (Wildman–Crippen MR) is 206 cm³/mol. The van der Waals surface area contributed by atoms with Crippen molar-refractivity contribution in [3.63, 3.8) is 0 Å². The van der Waals surface area contributed by atoms with Crippen molar-refractivity contribution >= 4 is 7.82 Å². The maximum atomic E-state index is 12.4. The molecule has 0 amide bonds. The Morgan fingerprint density at radius 3 is 1.42 bits per heavy atom. The minimum Gasteiger partial charge on any atom is -0.379 e. The van der Waals surface area contributed by atoms with Crippen molar-refractivity contribution in [1.29, 1.82) is 0 Å². The van der Waals surface area contributed by atoms with Gasteiger partial charge in [0.15, 0.2) is 0 Å². The highest BCUT2D eigenvalue weighted by Crippen LogP contribution is 2.43. The van der Waals surface area contributed by atoms with Crippen LogP contribution in [0.5, 0.6) is 0 Å². The molecule has 0 radical (unpaired) electrons. The van der Waals surface area contributed by atoms with Crippen LogP contribution in [0.15, 0.2) is 24.3 Å². The molecule has 0 heterocycles. The number of rotatable bonds is 38. The molecule has 0 rings (SSSR count). The van der Waals surface area contributed by atoms with Gasteiger partial charge in [-0.3, -0.25) is 9.05 Å². The standard InChI is InChI=1S/C40H80NO6P/c1-6-8-10-12-14-16-18-20-22-24-26-28-30-32-35-44-38-40(39-47-48(42,43)46-37-34-41(3,4)5)45-36-33-31-29-27-25-23-21-19-17-15-13-11-9-7-2/h16-19,40H,6-15,20-39H2,1-5H3/p+1/b18-16-,19-17-/t40-/m1/s1. The Bertz CT molecular complexity index is 769. The van der Waals surface area contributed by atoms with Gasteiger partial charge in [0.1, 0.15) is 19.3 Å². The molecule has 0 aliphatic rings. The van der Waals surface area contributed by atoms with Gasteiger partial charge in [-0.1, -0.05) is 128 Å². The first kappa shape index (κ1) is 47.5. The van der Waals surface area contributed by atoms with Crippen LogP contribution in [0.3, 0.4) is 0 Å². The van der Waals surface area contributed by atoms with Crippen LogP contribution >= 0.6 is 7.82 Å². The third-order valence-corrected chi connectivity index (χ3v) is 9.54. The van der Waals surface area contributed by atoms with Gasteiger partial charge in [-0.05, 0) is 64.2 Å². The summed E-state index contributed by atoms with van der Waals surface area (Å²) >= 11 is 0. The summed E-state index contributed by atoms with van der Waals surface area (Å²) < 4.78 is 35.6. The van der Waals surface area contributed by atoms with Crippen LogP contribution in [0.25, 0.3) is 0 Å². The maximum absolute atomic E-state index is 12.4. The molecule has 7 nitrogen and oxygen atoms in total. The number of phosphoric ester groups is 1. The van der Waals surface area contributed by atoms with E-state index < -0.39 is 7.82 Å². The lowest BCUT2D eigenvalue weighted by Crippen LogP contribution is -2.37. The minimum atomic E-state index is -4.14. The summed E-state index contributed by atoms with van der Waals surface area (Å²) in [4.78, 5) is 10.2. The minimum absolute atomic E-state index is 0.0164. The maximum Gasteiger partial charge on any atom is 0.472 e. The number of likely N-dealkylation sites (N-methyl/N-ethyl adjacent to an activating group) is 1. The lowest BCUT2D eigenvalue weighted by molar-refractivity contribution is -0.870. The molecule has 0 saturated carbocycles. The molecule has 1 unspecified atom stereocenters. The van der Waals surface area contributed by atoms with E-state index in [1.165, 1.54) is 128 Å². The summed E-state index contributed by atoms with van der Waals surface area (Å²) in [5.74, 6) is 0. The first-order valence-electron chi connectivity index (χ1n) is 20.1. The van der Waals surface area contributed by atoms with Crippen molar-refractivity contribution in [2.45, 2.75) is 174 Å². The van der Waals surface area contributed by atoms with E-state index in [-0.39, 0.29) is 19.3 Å². The molecule has 0 aliphatic heterocycles. The fraction of sp³-hybridized carbons (Fsp3) is 0.900. The van der Waals surface area contributed by atoms with Crippen molar-refractivity contribution in [1.82, 2.24) is 0 Å². The van der Waals surface area contributed by atoms with Gasteiger partial charge >= 0.3 is 7.82 Å². The second kappa shape index (κ2) is 34.9. The van der Waals surface area contributed by atoms with Crippen LogP contribution in [0.4, 0.5) is 0 Å². The third kappa shape index (κ3) is 38.3. The van der Waals surface area contributed by atoms with E-state index in [4.69, 9.17) is 18.5 Å². The van der Waals surface area contributed by atoms with Gasteiger partial charge < -0.3 is 18.9 Å². The predicted octanol–water partition coefficient (Wildman–Crippen LogP) is 11.7. The smallest absolute Gasteiger partial charge is 0.379 e. The van der Waals surface area contributed by atoms with Crippen LogP contribution in [0.1, 0.15) is 168 Å². The first-order chi connectivity index (χ1) is 23.2. The Kier molecular flexibility index (Phi) is 34.5. The number of hydrogen-bond acceptors (Lipinski definition) is 5. The van der Waals surface area contributed by atoms with Crippen molar-refractivity contribution in [3.8, 4) is 0 Å². The van der Waals surface area contributed by atoms with Gasteiger partial charge in [-0.15, -0.1) is 0 Å². The van der Waals surface area contributed by atoms with Gasteiger partial charge in [0.25, 0.3) is 0 Å². The van der Waals surface area contributed by atoms with Gasteiger partial charge in [0, 0.05) is 13.2 Å². The second-order valence-electron chi connectivity index (χ2n) is 14.6. The third-order valence-electron chi connectivity index (χ3n) is 8.55. The molecule has 0 saturated heterocycles. The van der Waals surface area contributed by atoms with Crippen LogP contribution in [0, 0.1) is 0 Å². The molecule has 286 valence electrons. The number of phosphoric acid groups is 1. The van der Waals surface area contributed by atoms with Gasteiger partial charge in [0.05, 0.1) is 34.4 Å². The lowest BCUT2D eigenvalue weighted by Gasteiger charge is -2.24. The second-order valence-corrected chi connectivity index (χ2v) is 16.1. The number of hydrogen-bond donors (Lipinski definition) is 1. The molecule has 0 fully saturated rings. The molecule has 0 aromatic heterocycles. The SMILES string of the molecule is CCCCCC/C=C\CCCCCCCCOC[C@H](COP(=O)(O)OCC[N+](C)(C)C)OCCCCCCCC/C=C\CCCCCC. The van der Waals surface area contributed by atoms with Crippen LogP contribution in [-0.4, -0.2) is 76.2 Å². The van der Waals surface area contributed by atoms with E-state index in [0.29, 0.717) is 30.8 Å². The van der Waals surface area contributed by atoms with Crippen LogP contribution in [-0.2, 0) is 23.1 Å². The molecule has 0 spiro atoms. The molecule has 0 aliphatic carbocycles. The van der Waals surface area contributed by atoms with Crippen molar-refractivity contribution < 1.29 is 32.5 Å². The summed E-state index contributed by atoms with van der Waals surface area (Å²) in [6.45, 7) is 6.91. The van der Waals surface area contributed by atoms with Crippen molar-refractivity contribution in [3.05, 3.63) is 24.3 Å². The van der Waals surface area contributed by atoms with Gasteiger partial charge in [0.2, 0.25) is 0 Å². The Balaban J connectivity index is 4.16. The van der Waals surface area contributed by atoms with E-state index in [0.717, 1.165) is 25.7 Å². The topological polar surface area (TPSA) is 74.2 Å².